The van der Waals surface area contributed by atoms with Crippen LogP contribution < -0.4 is 10.9 Å². The minimum atomic E-state index is 0.00544. The Hall–Kier alpha value is -1.29. The van der Waals surface area contributed by atoms with Crippen molar-refractivity contribution >= 4 is 17.2 Å². The molecule has 2 N–H and O–H groups in total. The molecule has 0 bridgehead atoms. The molecule has 1 aromatic rings. The topological polar surface area (TPSA) is 41.1 Å². The second-order valence-corrected chi connectivity index (χ2v) is 6.46. The highest BCUT2D eigenvalue weighted by Crippen LogP contribution is 2.29. The molecule has 0 fully saturated rings. The van der Waals surface area contributed by atoms with Gasteiger partial charge in [0.05, 0.1) is 4.88 Å². The van der Waals surface area contributed by atoms with Crippen LogP contribution in [0, 0.1) is 0 Å². The molecule has 3 rings (SSSR count). The van der Waals surface area contributed by atoms with E-state index in [1.165, 1.54) is 36.1 Å². The maximum absolute atomic E-state index is 12.1. The van der Waals surface area contributed by atoms with Crippen LogP contribution in [0.2, 0.25) is 0 Å². The van der Waals surface area contributed by atoms with Crippen molar-refractivity contribution in [3.63, 3.8) is 0 Å². The Labute approximate surface area is 118 Å². The van der Waals surface area contributed by atoms with Crippen LogP contribution >= 0.6 is 11.3 Å². The average Bonchev–Trinajstić information content (AvgIpc) is 2.90. The lowest BCUT2D eigenvalue weighted by atomic mass is 9.99. The van der Waals surface area contributed by atoms with Crippen LogP contribution in [0.1, 0.15) is 58.6 Å². The van der Waals surface area contributed by atoms with E-state index in [0.717, 1.165) is 36.3 Å². The highest BCUT2D eigenvalue weighted by atomic mass is 32.1. The smallest absolute Gasteiger partial charge is 0.279 e. The largest absolute Gasteiger partial charge is 0.303 e. The maximum atomic E-state index is 12.1. The number of hydrogen-bond acceptors (Lipinski definition) is 3. The Kier molecular flexibility index (Phi) is 3.87. The van der Waals surface area contributed by atoms with Crippen LogP contribution in [0.3, 0.4) is 0 Å². The van der Waals surface area contributed by atoms with Gasteiger partial charge < -0.3 is 5.43 Å². The van der Waals surface area contributed by atoms with Gasteiger partial charge in [-0.1, -0.05) is 6.08 Å². The van der Waals surface area contributed by atoms with Crippen LogP contribution in [-0.2, 0) is 12.8 Å². The molecular formula is C15H20N2OS. The first-order valence-electron chi connectivity index (χ1n) is 7.20. The second-order valence-electron chi connectivity index (χ2n) is 5.32. The van der Waals surface area contributed by atoms with Crippen LogP contribution in [0.5, 0.6) is 0 Å². The van der Waals surface area contributed by atoms with Crippen molar-refractivity contribution < 1.29 is 4.79 Å². The summed E-state index contributed by atoms with van der Waals surface area (Å²) in [6.45, 7) is 0. The van der Waals surface area contributed by atoms with Gasteiger partial charge in [0.25, 0.3) is 5.91 Å². The molecule has 0 saturated carbocycles. The predicted molar refractivity (Wildman–Crippen MR) is 78.1 cm³/mol. The van der Waals surface area contributed by atoms with E-state index in [0.29, 0.717) is 0 Å². The molecule has 102 valence electrons. The summed E-state index contributed by atoms with van der Waals surface area (Å²) in [6, 6.07) is 2.07. The molecule has 2 aliphatic carbocycles. The number of allylic oxidation sites excluding steroid dienone is 2. The summed E-state index contributed by atoms with van der Waals surface area (Å²) in [7, 11) is 0. The highest BCUT2D eigenvalue weighted by Gasteiger charge is 2.17. The minimum Gasteiger partial charge on any atom is -0.303 e. The van der Waals surface area contributed by atoms with Crippen molar-refractivity contribution in [1.29, 1.82) is 0 Å². The van der Waals surface area contributed by atoms with Crippen LogP contribution in [0.15, 0.2) is 17.8 Å². The average molecular weight is 276 g/mol. The van der Waals surface area contributed by atoms with Crippen molar-refractivity contribution in [3.8, 4) is 0 Å². The molecule has 3 nitrogen and oxygen atoms in total. The fourth-order valence-corrected chi connectivity index (χ4v) is 3.90. The van der Waals surface area contributed by atoms with E-state index in [4.69, 9.17) is 0 Å². The number of thiophene rings is 1. The van der Waals surface area contributed by atoms with Crippen molar-refractivity contribution in [3.05, 3.63) is 33.2 Å². The SMILES string of the molecule is O=C(NNC1=CCCCC1)c1cc2c(s1)CCCC2. The van der Waals surface area contributed by atoms with Gasteiger partial charge in [0.2, 0.25) is 0 Å². The molecule has 0 radical (unpaired) electrons. The third-order valence-electron chi connectivity index (χ3n) is 3.85. The normalized spacial score (nSPS) is 18.4. The highest BCUT2D eigenvalue weighted by molar-refractivity contribution is 7.14. The predicted octanol–water partition coefficient (Wildman–Crippen LogP) is 3.32. The number of carbonyl (C=O) groups is 1. The molecule has 0 spiro atoms. The summed E-state index contributed by atoms with van der Waals surface area (Å²) in [5.74, 6) is 0.00544. The summed E-state index contributed by atoms with van der Waals surface area (Å²) in [4.78, 5) is 14.4. The molecule has 1 heterocycles. The Morgan fingerprint density at radius 3 is 2.74 bits per heavy atom. The standard InChI is InChI=1S/C15H20N2OS/c18-15(17-16-12-7-2-1-3-8-12)14-10-11-6-4-5-9-13(11)19-14/h7,10,16H,1-6,8-9H2,(H,17,18). The minimum absolute atomic E-state index is 0.00544. The zero-order valence-corrected chi connectivity index (χ0v) is 11.9. The molecule has 1 amide bonds. The summed E-state index contributed by atoms with van der Waals surface area (Å²) in [5, 5.41) is 0. The number of nitrogens with one attached hydrogen (secondary N) is 2. The van der Waals surface area contributed by atoms with Crippen molar-refractivity contribution in [1.82, 2.24) is 10.9 Å². The third kappa shape index (κ3) is 3.00. The Morgan fingerprint density at radius 2 is 1.95 bits per heavy atom. The van der Waals surface area contributed by atoms with Gasteiger partial charge in [-0.25, -0.2) is 0 Å². The number of aryl methyl sites for hydroxylation is 2. The first kappa shape index (κ1) is 12.7. The zero-order chi connectivity index (χ0) is 13.1. The van der Waals surface area contributed by atoms with Gasteiger partial charge in [0.1, 0.15) is 0 Å². The number of rotatable bonds is 3. The molecule has 0 atom stereocenters. The number of hydrogen-bond donors (Lipinski definition) is 2. The van der Waals surface area contributed by atoms with Gasteiger partial charge in [-0.2, -0.15) is 0 Å². The molecule has 0 aromatic carbocycles. The Bertz CT molecular complexity index is 481. The lowest BCUT2D eigenvalue weighted by Gasteiger charge is -2.15. The summed E-state index contributed by atoms with van der Waals surface area (Å²) in [6.07, 6.45) is 11.6. The number of hydrazine groups is 1. The number of amides is 1. The third-order valence-corrected chi connectivity index (χ3v) is 5.08. The second kappa shape index (κ2) is 5.78. The van der Waals surface area contributed by atoms with Crippen LogP contribution in [0.25, 0.3) is 0 Å². The molecule has 0 unspecified atom stereocenters. The molecule has 4 heteroatoms. The summed E-state index contributed by atoms with van der Waals surface area (Å²) < 4.78 is 0. The lowest BCUT2D eigenvalue weighted by Crippen LogP contribution is -2.36. The van der Waals surface area contributed by atoms with Crippen LogP contribution in [-0.4, -0.2) is 5.91 Å². The van der Waals surface area contributed by atoms with E-state index in [2.05, 4.69) is 23.0 Å². The summed E-state index contributed by atoms with van der Waals surface area (Å²) >= 11 is 1.66. The summed E-state index contributed by atoms with van der Waals surface area (Å²) in [5.41, 5.74) is 8.44. The first-order chi connectivity index (χ1) is 9.33. The van der Waals surface area contributed by atoms with Crippen molar-refractivity contribution in [2.75, 3.05) is 0 Å². The van der Waals surface area contributed by atoms with Crippen molar-refractivity contribution in [2.24, 2.45) is 0 Å². The van der Waals surface area contributed by atoms with Gasteiger partial charge in [0, 0.05) is 10.6 Å². The number of carbonyl (C=O) groups excluding carboxylic acids is 1. The van der Waals surface area contributed by atoms with E-state index < -0.39 is 0 Å². The fraction of sp³-hybridized carbons (Fsp3) is 0.533. The van der Waals surface area contributed by atoms with Gasteiger partial charge in [-0.15, -0.1) is 11.3 Å². The fourth-order valence-electron chi connectivity index (χ4n) is 2.75. The Morgan fingerprint density at radius 1 is 1.11 bits per heavy atom. The number of fused-ring (bicyclic) bond motifs is 1. The van der Waals surface area contributed by atoms with Gasteiger partial charge in [-0.3, -0.25) is 10.2 Å². The van der Waals surface area contributed by atoms with Gasteiger partial charge in [0.15, 0.2) is 0 Å². The first-order valence-corrected chi connectivity index (χ1v) is 8.01. The molecule has 19 heavy (non-hydrogen) atoms. The van der Waals surface area contributed by atoms with Gasteiger partial charge in [-0.05, 0) is 63.0 Å². The monoisotopic (exact) mass is 276 g/mol. The van der Waals surface area contributed by atoms with E-state index in [1.807, 2.05) is 0 Å². The van der Waals surface area contributed by atoms with E-state index in [9.17, 15) is 4.79 Å². The van der Waals surface area contributed by atoms with E-state index >= 15 is 0 Å². The quantitative estimate of drug-likeness (QED) is 0.832. The molecule has 0 aliphatic heterocycles. The van der Waals surface area contributed by atoms with Crippen molar-refractivity contribution in [2.45, 2.75) is 51.4 Å². The maximum Gasteiger partial charge on any atom is 0.279 e. The zero-order valence-electron chi connectivity index (χ0n) is 11.1. The molecule has 0 saturated heterocycles. The lowest BCUT2D eigenvalue weighted by molar-refractivity contribution is 0.0942. The van der Waals surface area contributed by atoms with Crippen LogP contribution in [0.4, 0.5) is 0 Å². The van der Waals surface area contributed by atoms with E-state index in [1.54, 1.807) is 11.3 Å². The van der Waals surface area contributed by atoms with Gasteiger partial charge >= 0.3 is 0 Å². The molecular weight excluding hydrogens is 256 g/mol. The molecule has 1 aromatic heterocycles. The Balaban J connectivity index is 1.60. The van der Waals surface area contributed by atoms with E-state index in [-0.39, 0.29) is 5.91 Å². The molecule has 2 aliphatic rings.